The summed E-state index contributed by atoms with van der Waals surface area (Å²) in [6, 6.07) is 11.2. The number of halogens is 1. The Morgan fingerprint density at radius 3 is 2.42 bits per heavy atom. The highest BCUT2D eigenvalue weighted by Gasteiger charge is 2.24. The van der Waals surface area contributed by atoms with Crippen LogP contribution in [0.3, 0.4) is 0 Å². The molecule has 0 radical (unpaired) electrons. The smallest absolute Gasteiger partial charge is 0.191 e. The van der Waals surface area contributed by atoms with Crippen molar-refractivity contribution in [1.82, 2.24) is 10.6 Å². The monoisotopic (exact) mass is 373 g/mol. The number of benzene rings is 1. The molecule has 0 bridgehead atoms. The number of rotatable bonds is 4. The number of nitrogens with zero attached hydrogens (tertiary/aromatic N) is 1. The summed E-state index contributed by atoms with van der Waals surface area (Å²) in [5.74, 6) is 0.918. The van der Waals surface area contributed by atoms with Crippen molar-refractivity contribution in [2.45, 2.75) is 38.1 Å². The first-order valence-corrected chi connectivity index (χ1v) is 6.64. The summed E-state index contributed by atoms with van der Waals surface area (Å²) in [7, 11) is 1.83. The summed E-state index contributed by atoms with van der Waals surface area (Å²) in [6.07, 6.45) is 2.53. The van der Waals surface area contributed by atoms with Gasteiger partial charge >= 0.3 is 0 Å². The Morgan fingerprint density at radius 2 is 1.89 bits per heavy atom. The number of guanidine groups is 1. The first kappa shape index (κ1) is 16.3. The molecule has 1 aliphatic carbocycles. The summed E-state index contributed by atoms with van der Waals surface area (Å²) in [5.41, 5.74) is 1.45. The van der Waals surface area contributed by atoms with Gasteiger partial charge in [-0.2, -0.15) is 0 Å². The van der Waals surface area contributed by atoms with Crippen LogP contribution in [-0.4, -0.2) is 25.6 Å². The molecule has 1 aromatic carbocycles. The highest BCUT2D eigenvalue weighted by atomic mass is 127. The Labute approximate surface area is 133 Å². The lowest BCUT2D eigenvalue weighted by molar-refractivity contribution is 0.508. The highest BCUT2D eigenvalue weighted by Crippen LogP contribution is 2.22. The molecule has 4 heteroatoms. The van der Waals surface area contributed by atoms with Gasteiger partial charge in [-0.1, -0.05) is 44.2 Å². The maximum absolute atomic E-state index is 4.26. The lowest BCUT2D eigenvalue weighted by atomic mass is 9.85. The third-order valence-corrected chi connectivity index (χ3v) is 3.39. The third-order valence-electron chi connectivity index (χ3n) is 3.39. The molecule has 1 saturated carbocycles. The molecular formula is C15H24IN3. The molecule has 1 aliphatic rings. The topological polar surface area (TPSA) is 36.4 Å². The number of aliphatic imine (C=N–C) groups is 1. The zero-order valence-electron chi connectivity index (χ0n) is 11.9. The average molecular weight is 373 g/mol. The van der Waals surface area contributed by atoms with Crippen molar-refractivity contribution in [3.63, 3.8) is 0 Å². The lowest BCUT2D eigenvalue weighted by Crippen LogP contribution is -2.44. The standard InChI is InChI=1S/C15H23N3.HI/c1-15(2,12-7-5-4-6-8-12)11-17-14(16-3)18-13-9-10-13;/h4-8,13H,9-11H2,1-3H3,(H2,16,17,18);1H. The minimum Gasteiger partial charge on any atom is -0.356 e. The van der Waals surface area contributed by atoms with Crippen LogP contribution in [0.1, 0.15) is 32.3 Å². The van der Waals surface area contributed by atoms with Gasteiger partial charge in [0.2, 0.25) is 0 Å². The molecule has 1 fully saturated rings. The summed E-state index contributed by atoms with van der Waals surface area (Å²) >= 11 is 0. The van der Waals surface area contributed by atoms with Gasteiger partial charge in [0.05, 0.1) is 0 Å². The minimum absolute atomic E-state index is 0. The summed E-state index contributed by atoms with van der Waals surface area (Å²) in [5, 5.41) is 6.82. The van der Waals surface area contributed by atoms with Crippen molar-refractivity contribution in [2.75, 3.05) is 13.6 Å². The zero-order valence-corrected chi connectivity index (χ0v) is 14.3. The van der Waals surface area contributed by atoms with Gasteiger partial charge in [0.1, 0.15) is 0 Å². The third kappa shape index (κ3) is 5.01. The Hall–Kier alpha value is -0.780. The average Bonchev–Trinajstić information content (AvgIpc) is 3.19. The van der Waals surface area contributed by atoms with Crippen LogP contribution in [0.4, 0.5) is 0 Å². The molecule has 2 N–H and O–H groups in total. The molecule has 106 valence electrons. The van der Waals surface area contributed by atoms with Gasteiger partial charge in [0, 0.05) is 25.0 Å². The fraction of sp³-hybridized carbons (Fsp3) is 0.533. The molecule has 0 atom stereocenters. The van der Waals surface area contributed by atoms with E-state index in [1.54, 1.807) is 0 Å². The van der Waals surface area contributed by atoms with Gasteiger partial charge in [-0.25, -0.2) is 0 Å². The van der Waals surface area contributed by atoms with E-state index >= 15 is 0 Å². The van der Waals surface area contributed by atoms with Crippen molar-refractivity contribution in [3.05, 3.63) is 35.9 Å². The Morgan fingerprint density at radius 1 is 1.26 bits per heavy atom. The van der Waals surface area contributed by atoms with Gasteiger partial charge in [0.25, 0.3) is 0 Å². The number of hydrogen-bond donors (Lipinski definition) is 2. The fourth-order valence-corrected chi connectivity index (χ4v) is 1.91. The molecule has 3 nitrogen and oxygen atoms in total. The van der Waals surface area contributed by atoms with Crippen LogP contribution in [-0.2, 0) is 5.41 Å². The van der Waals surface area contributed by atoms with Gasteiger partial charge < -0.3 is 10.6 Å². The van der Waals surface area contributed by atoms with E-state index in [1.165, 1.54) is 18.4 Å². The van der Waals surface area contributed by atoms with Crippen molar-refractivity contribution < 1.29 is 0 Å². The molecule has 2 rings (SSSR count). The SMILES string of the molecule is CN=C(NCC(C)(C)c1ccccc1)NC1CC1.I. The Balaban J connectivity index is 0.00000180. The van der Waals surface area contributed by atoms with E-state index in [2.05, 4.69) is 59.8 Å². The summed E-state index contributed by atoms with van der Waals surface area (Å²) in [6.45, 7) is 5.38. The molecule has 0 aliphatic heterocycles. The maximum Gasteiger partial charge on any atom is 0.191 e. The molecule has 0 aromatic heterocycles. The number of hydrogen-bond acceptors (Lipinski definition) is 1. The van der Waals surface area contributed by atoms with E-state index in [-0.39, 0.29) is 29.4 Å². The Bertz CT molecular complexity index is 411. The molecule has 0 unspecified atom stereocenters. The Kier molecular flexibility index (Phi) is 6.10. The second-order valence-corrected chi connectivity index (χ2v) is 5.59. The molecule has 0 heterocycles. The van der Waals surface area contributed by atoms with Crippen molar-refractivity contribution in [3.8, 4) is 0 Å². The second kappa shape index (κ2) is 7.12. The van der Waals surface area contributed by atoms with E-state index < -0.39 is 0 Å². The largest absolute Gasteiger partial charge is 0.356 e. The van der Waals surface area contributed by atoms with E-state index in [4.69, 9.17) is 0 Å². The van der Waals surface area contributed by atoms with Gasteiger partial charge in [0.15, 0.2) is 5.96 Å². The number of nitrogens with one attached hydrogen (secondary N) is 2. The van der Waals surface area contributed by atoms with Crippen LogP contribution in [0.25, 0.3) is 0 Å². The van der Waals surface area contributed by atoms with E-state index in [0.717, 1.165) is 12.5 Å². The van der Waals surface area contributed by atoms with Crippen molar-refractivity contribution >= 4 is 29.9 Å². The van der Waals surface area contributed by atoms with E-state index in [9.17, 15) is 0 Å². The molecule has 1 aromatic rings. The lowest BCUT2D eigenvalue weighted by Gasteiger charge is -2.26. The van der Waals surface area contributed by atoms with Crippen molar-refractivity contribution in [1.29, 1.82) is 0 Å². The van der Waals surface area contributed by atoms with Crippen LogP contribution in [0.15, 0.2) is 35.3 Å². The van der Waals surface area contributed by atoms with Gasteiger partial charge in [-0.3, -0.25) is 4.99 Å². The van der Waals surface area contributed by atoms with E-state index in [1.807, 2.05) is 7.05 Å². The molecule has 0 amide bonds. The molecular weight excluding hydrogens is 349 g/mol. The van der Waals surface area contributed by atoms with Crippen molar-refractivity contribution in [2.24, 2.45) is 4.99 Å². The molecule has 0 spiro atoms. The minimum atomic E-state index is 0. The maximum atomic E-state index is 4.26. The predicted octanol–water partition coefficient (Wildman–Crippen LogP) is 2.91. The van der Waals surface area contributed by atoms with Crippen LogP contribution in [0, 0.1) is 0 Å². The van der Waals surface area contributed by atoms with Gasteiger partial charge in [-0.15, -0.1) is 24.0 Å². The van der Waals surface area contributed by atoms with Crippen LogP contribution in [0.2, 0.25) is 0 Å². The first-order chi connectivity index (χ1) is 8.62. The highest BCUT2D eigenvalue weighted by molar-refractivity contribution is 14.0. The van der Waals surface area contributed by atoms with E-state index in [0.29, 0.717) is 6.04 Å². The second-order valence-electron chi connectivity index (χ2n) is 5.59. The van der Waals surface area contributed by atoms with Gasteiger partial charge in [-0.05, 0) is 18.4 Å². The fourth-order valence-electron chi connectivity index (χ4n) is 1.91. The summed E-state index contributed by atoms with van der Waals surface area (Å²) in [4.78, 5) is 4.26. The van der Waals surface area contributed by atoms with Crippen LogP contribution in [0.5, 0.6) is 0 Å². The quantitative estimate of drug-likeness (QED) is 0.484. The normalized spacial score (nSPS) is 15.6. The zero-order chi connectivity index (χ0) is 13.0. The van der Waals surface area contributed by atoms with Crippen LogP contribution < -0.4 is 10.6 Å². The first-order valence-electron chi connectivity index (χ1n) is 6.64. The molecule has 0 saturated heterocycles. The predicted molar refractivity (Wildman–Crippen MR) is 92.4 cm³/mol. The summed E-state index contributed by atoms with van der Waals surface area (Å²) < 4.78 is 0. The van der Waals surface area contributed by atoms with Crippen LogP contribution >= 0.6 is 24.0 Å². The molecule has 19 heavy (non-hydrogen) atoms.